The van der Waals surface area contributed by atoms with Crippen LogP contribution in [-0.4, -0.2) is 64.6 Å². The van der Waals surface area contributed by atoms with Crippen LogP contribution in [0, 0.1) is 6.92 Å². The fraction of sp³-hybridized carbons (Fsp3) is 0.556. The number of rotatable bonds is 3. The highest BCUT2D eigenvalue weighted by molar-refractivity contribution is 5.51. The van der Waals surface area contributed by atoms with E-state index in [1.807, 2.05) is 26.2 Å². The number of nitrogens with one attached hydrogen (secondary N) is 1. The molecule has 138 valence electrons. The molecule has 2 aliphatic rings. The monoisotopic (exact) mass is 355 g/mol. The smallest absolute Gasteiger partial charge is 0.257 e. The average molecular weight is 355 g/mol. The van der Waals surface area contributed by atoms with Crippen LogP contribution in [0.5, 0.6) is 0 Å². The number of anilines is 2. The molecule has 0 saturated carbocycles. The summed E-state index contributed by atoms with van der Waals surface area (Å²) in [5.41, 5.74) is 1.82. The first-order valence-electron chi connectivity index (χ1n) is 9.20. The highest BCUT2D eigenvalue weighted by Crippen LogP contribution is 2.23. The van der Waals surface area contributed by atoms with Gasteiger partial charge in [-0.25, -0.2) is 9.97 Å². The van der Waals surface area contributed by atoms with E-state index in [1.54, 1.807) is 0 Å². The Morgan fingerprint density at radius 1 is 1.15 bits per heavy atom. The van der Waals surface area contributed by atoms with Crippen LogP contribution in [0.25, 0.3) is 0 Å². The van der Waals surface area contributed by atoms with Crippen molar-refractivity contribution in [2.24, 2.45) is 0 Å². The van der Waals surface area contributed by atoms with Crippen LogP contribution >= 0.6 is 0 Å². The molecular formula is C18H25N7O. The van der Waals surface area contributed by atoms with Crippen LogP contribution < -0.4 is 15.4 Å². The lowest BCUT2D eigenvalue weighted by Gasteiger charge is -2.35. The van der Waals surface area contributed by atoms with Crippen molar-refractivity contribution >= 4 is 11.8 Å². The Labute approximate surface area is 152 Å². The van der Waals surface area contributed by atoms with Gasteiger partial charge in [0.2, 0.25) is 5.95 Å². The number of hydrogen-bond acceptors (Lipinski definition) is 7. The summed E-state index contributed by atoms with van der Waals surface area (Å²) in [6.45, 7) is 7.15. The van der Waals surface area contributed by atoms with Crippen LogP contribution in [0.2, 0.25) is 0 Å². The van der Waals surface area contributed by atoms with Gasteiger partial charge in [0, 0.05) is 51.7 Å². The fourth-order valence-electron chi connectivity index (χ4n) is 3.66. The summed E-state index contributed by atoms with van der Waals surface area (Å²) in [5, 5.41) is 0. The second-order valence-corrected chi connectivity index (χ2v) is 7.09. The van der Waals surface area contributed by atoms with Crippen LogP contribution in [0.3, 0.4) is 0 Å². The summed E-state index contributed by atoms with van der Waals surface area (Å²) in [5.74, 6) is 2.39. The van der Waals surface area contributed by atoms with E-state index in [-0.39, 0.29) is 5.56 Å². The minimum Gasteiger partial charge on any atom is -0.359 e. The van der Waals surface area contributed by atoms with Gasteiger partial charge < -0.3 is 9.80 Å². The molecule has 0 bridgehead atoms. The fourth-order valence-corrected chi connectivity index (χ4v) is 3.66. The Morgan fingerprint density at radius 2 is 1.96 bits per heavy atom. The van der Waals surface area contributed by atoms with Crippen molar-refractivity contribution in [3.05, 3.63) is 39.7 Å². The molecular weight excluding hydrogens is 330 g/mol. The maximum atomic E-state index is 12.4. The molecule has 0 aromatic carbocycles. The van der Waals surface area contributed by atoms with Crippen LogP contribution in [-0.2, 0) is 13.0 Å². The van der Waals surface area contributed by atoms with Crippen molar-refractivity contribution in [2.75, 3.05) is 49.6 Å². The Hall–Kier alpha value is -2.48. The van der Waals surface area contributed by atoms with E-state index in [0.29, 0.717) is 5.95 Å². The lowest BCUT2D eigenvalue weighted by molar-refractivity contribution is 0.242. The maximum absolute atomic E-state index is 12.4. The van der Waals surface area contributed by atoms with Gasteiger partial charge in [0.05, 0.1) is 12.1 Å². The Morgan fingerprint density at radius 3 is 2.73 bits per heavy atom. The standard InChI is InChI=1S/C18H25N7O/c1-13-5-6-19-15(20-13)12-24-8-10-25(11-9-24)18-21-16-14(17(26)22-18)4-3-7-23(16)2/h5-6H,3-4,7-12H2,1-2H3,(H,21,22,26). The Balaban J connectivity index is 1.44. The van der Waals surface area contributed by atoms with E-state index in [0.717, 1.165) is 75.0 Å². The molecule has 0 aliphatic carbocycles. The second-order valence-electron chi connectivity index (χ2n) is 7.09. The first kappa shape index (κ1) is 17.0. The van der Waals surface area contributed by atoms with Crippen molar-refractivity contribution in [1.29, 1.82) is 0 Å². The topological polar surface area (TPSA) is 81.2 Å². The molecule has 0 spiro atoms. The lowest BCUT2D eigenvalue weighted by Crippen LogP contribution is -2.47. The van der Waals surface area contributed by atoms with Gasteiger partial charge in [0.25, 0.3) is 5.56 Å². The van der Waals surface area contributed by atoms with E-state index in [1.165, 1.54) is 0 Å². The number of H-pyrrole nitrogens is 1. The molecule has 0 amide bonds. The summed E-state index contributed by atoms with van der Waals surface area (Å²) in [7, 11) is 2.01. The highest BCUT2D eigenvalue weighted by atomic mass is 16.1. The molecule has 2 aliphatic heterocycles. The zero-order chi connectivity index (χ0) is 18.1. The van der Waals surface area contributed by atoms with Crippen molar-refractivity contribution < 1.29 is 0 Å². The third kappa shape index (κ3) is 3.41. The molecule has 2 aromatic heterocycles. The first-order chi connectivity index (χ1) is 12.6. The molecule has 1 fully saturated rings. The van der Waals surface area contributed by atoms with E-state index in [2.05, 4.69) is 29.7 Å². The van der Waals surface area contributed by atoms with Crippen molar-refractivity contribution in [2.45, 2.75) is 26.3 Å². The molecule has 0 radical (unpaired) electrons. The van der Waals surface area contributed by atoms with Gasteiger partial charge in [0.15, 0.2) is 0 Å². The highest BCUT2D eigenvalue weighted by Gasteiger charge is 2.24. The van der Waals surface area contributed by atoms with E-state index in [4.69, 9.17) is 4.98 Å². The zero-order valence-corrected chi connectivity index (χ0v) is 15.4. The van der Waals surface area contributed by atoms with Crippen LogP contribution in [0.4, 0.5) is 11.8 Å². The number of fused-ring (bicyclic) bond motifs is 1. The molecule has 8 nitrogen and oxygen atoms in total. The molecule has 4 heterocycles. The minimum absolute atomic E-state index is 0.00661. The molecule has 2 aromatic rings. The molecule has 1 saturated heterocycles. The Kier molecular flexibility index (Phi) is 4.58. The minimum atomic E-state index is 0.00661. The number of piperazine rings is 1. The summed E-state index contributed by atoms with van der Waals surface area (Å²) < 4.78 is 0. The summed E-state index contributed by atoms with van der Waals surface area (Å²) in [4.78, 5) is 35.6. The zero-order valence-electron chi connectivity index (χ0n) is 15.4. The van der Waals surface area contributed by atoms with Gasteiger partial charge in [-0.05, 0) is 25.8 Å². The van der Waals surface area contributed by atoms with Gasteiger partial charge in [-0.3, -0.25) is 14.7 Å². The van der Waals surface area contributed by atoms with Gasteiger partial charge in [-0.2, -0.15) is 4.98 Å². The molecule has 0 atom stereocenters. The van der Waals surface area contributed by atoms with Gasteiger partial charge in [0.1, 0.15) is 11.6 Å². The summed E-state index contributed by atoms with van der Waals surface area (Å²) in [6, 6.07) is 1.91. The number of aromatic amines is 1. The largest absolute Gasteiger partial charge is 0.359 e. The summed E-state index contributed by atoms with van der Waals surface area (Å²) >= 11 is 0. The molecule has 8 heteroatoms. The molecule has 26 heavy (non-hydrogen) atoms. The predicted molar refractivity (Wildman–Crippen MR) is 101 cm³/mol. The molecule has 0 unspecified atom stereocenters. The first-order valence-corrected chi connectivity index (χ1v) is 9.20. The SMILES string of the molecule is Cc1ccnc(CN2CCN(c3nc4c(c(=O)[nH]3)CCCN4C)CC2)n1. The number of aryl methyl sites for hydroxylation is 1. The van der Waals surface area contributed by atoms with Crippen molar-refractivity contribution in [3.8, 4) is 0 Å². The van der Waals surface area contributed by atoms with Crippen LogP contribution in [0.1, 0.15) is 23.5 Å². The number of aromatic nitrogens is 4. The van der Waals surface area contributed by atoms with Gasteiger partial charge in [-0.15, -0.1) is 0 Å². The van der Waals surface area contributed by atoms with Crippen LogP contribution in [0.15, 0.2) is 17.1 Å². The number of hydrogen-bond donors (Lipinski definition) is 1. The average Bonchev–Trinajstić information content (AvgIpc) is 2.63. The van der Waals surface area contributed by atoms with Gasteiger partial charge in [-0.1, -0.05) is 0 Å². The van der Waals surface area contributed by atoms with Gasteiger partial charge >= 0.3 is 0 Å². The van der Waals surface area contributed by atoms with E-state index in [9.17, 15) is 4.79 Å². The third-order valence-electron chi connectivity index (χ3n) is 5.14. The van der Waals surface area contributed by atoms with Crippen molar-refractivity contribution in [1.82, 2.24) is 24.8 Å². The second kappa shape index (κ2) is 7.03. The maximum Gasteiger partial charge on any atom is 0.257 e. The third-order valence-corrected chi connectivity index (χ3v) is 5.14. The quantitative estimate of drug-likeness (QED) is 0.862. The summed E-state index contributed by atoms with van der Waals surface area (Å²) in [6.07, 6.45) is 3.63. The predicted octanol–water partition coefficient (Wildman–Crippen LogP) is 0.573. The normalized spacial score (nSPS) is 18.1. The number of nitrogens with zero attached hydrogens (tertiary/aromatic N) is 6. The molecule has 4 rings (SSSR count). The Bertz CT molecular complexity index is 842. The molecule has 1 N–H and O–H groups in total. The lowest BCUT2D eigenvalue weighted by atomic mass is 10.1. The van der Waals surface area contributed by atoms with E-state index < -0.39 is 0 Å². The van der Waals surface area contributed by atoms with Crippen molar-refractivity contribution in [3.63, 3.8) is 0 Å². The van der Waals surface area contributed by atoms with E-state index >= 15 is 0 Å².